The standard InChI is InChI=1S/C14H22F3N3O3/c1-9-10(7-18-6-5-13(2,3)12(21)22)11(20(4)19-9)23-8-14(15,16)17/h18H,5-8H2,1-4H3,(H,21,22). The van der Waals surface area contributed by atoms with Crippen LogP contribution in [0.3, 0.4) is 0 Å². The van der Waals surface area contributed by atoms with Crippen LogP contribution in [0.2, 0.25) is 0 Å². The topological polar surface area (TPSA) is 76.4 Å². The summed E-state index contributed by atoms with van der Waals surface area (Å²) in [7, 11) is 1.51. The number of carbonyl (C=O) groups is 1. The van der Waals surface area contributed by atoms with E-state index in [1.54, 1.807) is 20.8 Å². The highest BCUT2D eigenvalue weighted by atomic mass is 19.4. The lowest BCUT2D eigenvalue weighted by Gasteiger charge is -2.19. The Morgan fingerprint density at radius 2 is 2.00 bits per heavy atom. The zero-order valence-corrected chi connectivity index (χ0v) is 13.6. The van der Waals surface area contributed by atoms with E-state index in [-0.39, 0.29) is 12.4 Å². The Kier molecular flexibility index (Phi) is 6.04. The van der Waals surface area contributed by atoms with Crippen molar-refractivity contribution in [3.8, 4) is 5.88 Å². The molecular formula is C14H22F3N3O3. The molecule has 0 fully saturated rings. The summed E-state index contributed by atoms with van der Waals surface area (Å²) in [6.45, 7) is 4.19. The van der Waals surface area contributed by atoms with E-state index in [4.69, 9.17) is 9.84 Å². The Labute approximate surface area is 132 Å². The molecule has 1 aromatic heterocycles. The number of carboxylic acid groups (broad SMARTS) is 1. The van der Waals surface area contributed by atoms with E-state index in [2.05, 4.69) is 10.4 Å². The molecule has 1 heterocycles. The van der Waals surface area contributed by atoms with Crippen molar-refractivity contribution in [1.29, 1.82) is 0 Å². The Morgan fingerprint density at radius 3 is 2.52 bits per heavy atom. The SMILES string of the molecule is Cc1nn(C)c(OCC(F)(F)F)c1CNCCC(C)(C)C(=O)O. The molecular weight excluding hydrogens is 315 g/mol. The van der Waals surface area contributed by atoms with Crippen LogP contribution in [0.15, 0.2) is 0 Å². The number of halogens is 3. The molecule has 1 rings (SSSR count). The van der Waals surface area contributed by atoms with Crippen LogP contribution in [-0.4, -0.2) is 40.2 Å². The van der Waals surface area contributed by atoms with Gasteiger partial charge in [-0.3, -0.25) is 4.79 Å². The summed E-state index contributed by atoms with van der Waals surface area (Å²) in [4.78, 5) is 11.0. The Balaban J connectivity index is 2.65. The number of carboxylic acids is 1. The van der Waals surface area contributed by atoms with E-state index in [0.717, 1.165) is 0 Å². The molecule has 23 heavy (non-hydrogen) atoms. The molecule has 0 bridgehead atoms. The third kappa shape index (κ3) is 5.74. The summed E-state index contributed by atoms with van der Waals surface area (Å²) in [5, 5.41) is 16.1. The van der Waals surface area contributed by atoms with E-state index in [1.165, 1.54) is 11.7 Å². The number of hydrogen-bond donors (Lipinski definition) is 2. The number of aryl methyl sites for hydroxylation is 2. The summed E-state index contributed by atoms with van der Waals surface area (Å²) in [5.74, 6) is -0.837. The first-order valence-electron chi connectivity index (χ1n) is 7.10. The van der Waals surface area contributed by atoms with Crippen LogP contribution in [0.25, 0.3) is 0 Å². The van der Waals surface area contributed by atoms with Gasteiger partial charge in [0, 0.05) is 13.6 Å². The second-order valence-electron chi connectivity index (χ2n) is 6.01. The maximum atomic E-state index is 12.3. The summed E-state index contributed by atoms with van der Waals surface area (Å²) >= 11 is 0. The zero-order chi connectivity index (χ0) is 17.8. The number of aromatic nitrogens is 2. The molecule has 0 spiro atoms. The van der Waals surface area contributed by atoms with Crippen LogP contribution in [0.4, 0.5) is 13.2 Å². The number of hydrogen-bond acceptors (Lipinski definition) is 4. The normalized spacial score (nSPS) is 12.5. The zero-order valence-electron chi connectivity index (χ0n) is 13.6. The van der Waals surface area contributed by atoms with Gasteiger partial charge in [-0.1, -0.05) is 0 Å². The molecule has 0 saturated heterocycles. The van der Waals surface area contributed by atoms with Gasteiger partial charge in [0.15, 0.2) is 6.61 Å². The highest BCUT2D eigenvalue weighted by Gasteiger charge is 2.30. The summed E-state index contributed by atoms with van der Waals surface area (Å²) in [6.07, 6.45) is -4.03. The fourth-order valence-corrected chi connectivity index (χ4v) is 1.94. The molecule has 0 amide bonds. The van der Waals surface area contributed by atoms with Crippen molar-refractivity contribution in [2.24, 2.45) is 12.5 Å². The van der Waals surface area contributed by atoms with E-state index < -0.39 is 24.2 Å². The lowest BCUT2D eigenvalue weighted by molar-refractivity contribution is -0.154. The van der Waals surface area contributed by atoms with Gasteiger partial charge < -0.3 is 15.2 Å². The number of nitrogens with one attached hydrogen (secondary N) is 1. The molecule has 1 aromatic rings. The van der Waals surface area contributed by atoms with Crippen molar-refractivity contribution in [3.05, 3.63) is 11.3 Å². The first-order chi connectivity index (χ1) is 10.4. The predicted octanol–water partition coefficient (Wildman–Crippen LogP) is 2.26. The van der Waals surface area contributed by atoms with Gasteiger partial charge in [0.1, 0.15) is 0 Å². The van der Waals surface area contributed by atoms with E-state index in [9.17, 15) is 18.0 Å². The summed E-state index contributed by atoms with van der Waals surface area (Å²) in [5.41, 5.74) is 0.228. The Morgan fingerprint density at radius 1 is 1.39 bits per heavy atom. The first-order valence-corrected chi connectivity index (χ1v) is 7.10. The van der Waals surface area contributed by atoms with Crippen molar-refractivity contribution in [2.75, 3.05) is 13.2 Å². The van der Waals surface area contributed by atoms with E-state index in [1.807, 2.05) is 0 Å². The monoisotopic (exact) mass is 337 g/mol. The van der Waals surface area contributed by atoms with Crippen LogP contribution >= 0.6 is 0 Å². The van der Waals surface area contributed by atoms with Crippen molar-refractivity contribution in [3.63, 3.8) is 0 Å². The van der Waals surface area contributed by atoms with Gasteiger partial charge in [0.25, 0.3) is 0 Å². The summed E-state index contributed by atoms with van der Waals surface area (Å²) < 4.78 is 43.0. The molecule has 0 unspecified atom stereocenters. The predicted molar refractivity (Wildman–Crippen MR) is 77.2 cm³/mol. The number of aliphatic carboxylic acids is 1. The van der Waals surface area contributed by atoms with Crippen LogP contribution < -0.4 is 10.1 Å². The lowest BCUT2D eigenvalue weighted by atomic mass is 9.90. The number of rotatable bonds is 8. The first kappa shape index (κ1) is 19.3. The van der Waals surface area contributed by atoms with Gasteiger partial charge >= 0.3 is 12.1 Å². The Hall–Kier alpha value is -1.77. The molecule has 0 atom stereocenters. The molecule has 9 heteroatoms. The fourth-order valence-electron chi connectivity index (χ4n) is 1.94. The maximum Gasteiger partial charge on any atom is 0.422 e. The molecule has 0 radical (unpaired) electrons. The minimum atomic E-state index is -4.42. The fraction of sp³-hybridized carbons (Fsp3) is 0.714. The van der Waals surface area contributed by atoms with Crippen molar-refractivity contribution >= 4 is 5.97 Å². The highest BCUT2D eigenvalue weighted by Crippen LogP contribution is 2.24. The van der Waals surface area contributed by atoms with Crippen molar-refractivity contribution in [1.82, 2.24) is 15.1 Å². The van der Waals surface area contributed by atoms with Gasteiger partial charge in [-0.15, -0.1) is 0 Å². The van der Waals surface area contributed by atoms with Crippen LogP contribution in [0.5, 0.6) is 5.88 Å². The number of nitrogens with zero attached hydrogens (tertiary/aromatic N) is 2. The highest BCUT2D eigenvalue weighted by molar-refractivity contribution is 5.73. The smallest absolute Gasteiger partial charge is 0.422 e. The third-order valence-electron chi connectivity index (χ3n) is 3.47. The molecule has 0 aliphatic rings. The van der Waals surface area contributed by atoms with E-state index >= 15 is 0 Å². The van der Waals surface area contributed by atoms with Gasteiger partial charge in [-0.2, -0.15) is 18.3 Å². The van der Waals surface area contributed by atoms with E-state index in [0.29, 0.717) is 24.2 Å². The minimum Gasteiger partial charge on any atom is -0.481 e. The molecule has 2 N–H and O–H groups in total. The second kappa shape index (κ2) is 7.20. The molecule has 0 aliphatic carbocycles. The Bertz CT molecular complexity index is 553. The third-order valence-corrected chi connectivity index (χ3v) is 3.47. The van der Waals surface area contributed by atoms with Crippen LogP contribution in [0, 0.1) is 12.3 Å². The van der Waals surface area contributed by atoms with Gasteiger partial charge in [-0.25, -0.2) is 4.68 Å². The average Bonchev–Trinajstić information content (AvgIpc) is 2.65. The summed E-state index contributed by atoms with van der Waals surface area (Å²) in [6, 6.07) is 0. The van der Waals surface area contributed by atoms with Gasteiger partial charge in [0.2, 0.25) is 5.88 Å². The van der Waals surface area contributed by atoms with Crippen molar-refractivity contribution < 1.29 is 27.8 Å². The largest absolute Gasteiger partial charge is 0.481 e. The maximum absolute atomic E-state index is 12.3. The van der Waals surface area contributed by atoms with Gasteiger partial charge in [-0.05, 0) is 33.7 Å². The molecule has 132 valence electrons. The average molecular weight is 337 g/mol. The molecule has 0 aliphatic heterocycles. The molecule has 0 aromatic carbocycles. The van der Waals surface area contributed by atoms with Crippen molar-refractivity contribution in [2.45, 2.75) is 39.9 Å². The number of alkyl halides is 3. The molecule has 0 saturated carbocycles. The van der Waals surface area contributed by atoms with Gasteiger partial charge in [0.05, 0.1) is 16.7 Å². The lowest BCUT2D eigenvalue weighted by Crippen LogP contribution is -2.29. The number of ether oxygens (including phenoxy) is 1. The second-order valence-corrected chi connectivity index (χ2v) is 6.01. The van der Waals surface area contributed by atoms with Crippen LogP contribution in [0.1, 0.15) is 31.5 Å². The quantitative estimate of drug-likeness (QED) is 0.712. The minimum absolute atomic E-state index is 0.0600. The molecule has 6 nitrogen and oxygen atoms in total. The van der Waals surface area contributed by atoms with Crippen LogP contribution in [-0.2, 0) is 18.4 Å².